The summed E-state index contributed by atoms with van der Waals surface area (Å²) in [5.41, 5.74) is -0.346. The van der Waals surface area contributed by atoms with E-state index in [-0.39, 0.29) is 21.6 Å². The van der Waals surface area contributed by atoms with E-state index >= 15 is 0 Å². The molecular weight excluding hydrogens is 346 g/mol. The van der Waals surface area contributed by atoms with Crippen molar-refractivity contribution in [2.45, 2.75) is 74.8 Å². The van der Waals surface area contributed by atoms with Crippen molar-refractivity contribution in [1.82, 2.24) is 5.32 Å². The topological polar surface area (TPSA) is 55.4 Å². The maximum atomic E-state index is 12.8. The number of hydrogen-bond acceptors (Lipinski definition) is 3. The first kappa shape index (κ1) is 15.0. The van der Waals surface area contributed by atoms with Gasteiger partial charge in [-0.1, -0.05) is 15.9 Å². The Morgan fingerprint density at radius 1 is 1.18 bits per heavy atom. The lowest BCUT2D eigenvalue weighted by Crippen LogP contribution is -2.56. The van der Waals surface area contributed by atoms with Crippen molar-refractivity contribution in [3.63, 3.8) is 0 Å². The van der Waals surface area contributed by atoms with Crippen LogP contribution in [0.15, 0.2) is 0 Å². The van der Waals surface area contributed by atoms with E-state index < -0.39 is 6.10 Å². The first-order chi connectivity index (χ1) is 10.4. The molecule has 5 heteroatoms. The minimum atomic E-state index is -0.674. The van der Waals surface area contributed by atoms with E-state index in [1.54, 1.807) is 6.92 Å². The Morgan fingerprint density at radius 3 is 2.36 bits per heavy atom. The highest BCUT2D eigenvalue weighted by Gasteiger charge is 2.60. The maximum Gasteiger partial charge on any atom is 0.312 e. The van der Waals surface area contributed by atoms with Crippen molar-refractivity contribution in [1.29, 1.82) is 0 Å². The third-order valence-electron chi connectivity index (χ3n) is 6.00. The number of ether oxygens (including phenoxy) is 1. The number of esters is 1. The van der Waals surface area contributed by atoms with Crippen LogP contribution >= 0.6 is 15.9 Å². The second-order valence-electron chi connectivity index (χ2n) is 8.22. The van der Waals surface area contributed by atoms with Gasteiger partial charge in [-0.15, -0.1) is 0 Å². The molecule has 5 fully saturated rings. The number of halogens is 1. The standard InChI is InChI=1S/C17H24BrNO3/c1-10(14(20)19-13-2-3-13)22-15(21)16-5-11-4-12(6-16)8-17(18,7-11)9-16/h10-13H,2-9H2,1H3,(H,19,20)/t10-,11-,12+,16?,17?/m1/s1. The molecule has 0 aromatic carbocycles. The lowest BCUT2D eigenvalue weighted by Gasteiger charge is -2.58. The van der Waals surface area contributed by atoms with Crippen LogP contribution in [0.25, 0.3) is 0 Å². The summed E-state index contributed by atoms with van der Waals surface area (Å²) < 4.78 is 5.73. The zero-order valence-electron chi connectivity index (χ0n) is 13.1. The molecule has 5 saturated carbocycles. The summed E-state index contributed by atoms with van der Waals surface area (Å²) in [5, 5.41) is 2.91. The summed E-state index contributed by atoms with van der Waals surface area (Å²) >= 11 is 3.91. The summed E-state index contributed by atoms with van der Waals surface area (Å²) in [7, 11) is 0. The largest absolute Gasteiger partial charge is 0.452 e. The zero-order valence-corrected chi connectivity index (χ0v) is 14.7. The van der Waals surface area contributed by atoms with Crippen LogP contribution in [0.3, 0.4) is 0 Å². The highest BCUT2D eigenvalue weighted by atomic mass is 79.9. The van der Waals surface area contributed by atoms with Gasteiger partial charge in [0.25, 0.3) is 5.91 Å². The van der Waals surface area contributed by atoms with Crippen molar-refractivity contribution >= 4 is 27.8 Å². The Bertz CT molecular complexity index is 502. The Hall–Kier alpha value is -0.580. The van der Waals surface area contributed by atoms with Crippen molar-refractivity contribution in [2.75, 3.05) is 0 Å². The van der Waals surface area contributed by atoms with Gasteiger partial charge in [0.05, 0.1) is 5.41 Å². The number of carbonyl (C=O) groups is 2. The molecule has 0 aliphatic heterocycles. The molecule has 122 valence electrons. The quantitative estimate of drug-likeness (QED) is 0.612. The van der Waals surface area contributed by atoms with Gasteiger partial charge in [0.1, 0.15) is 0 Å². The van der Waals surface area contributed by atoms with Crippen molar-refractivity contribution in [3.05, 3.63) is 0 Å². The van der Waals surface area contributed by atoms with Crippen LogP contribution in [0.1, 0.15) is 58.3 Å². The number of rotatable bonds is 4. The molecule has 0 saturated heterocycles. The molecular formula is C17H24BrNO3. The lowest BCUT2D eigenvalue weighted by molar-refractivity contribution is -0.176. The molecule has 4 nitrogen and oxygen atoms in total. The van der Waals surface area contributed by atoms with E-state index in [0.717, 1.165) is 32.1 Å². The number of nitrogens with one attached hydrogen (secondary N) is 1. The van der Waals surface area contributed by atoms with Gasteiger partial charge >= 0.3 is 5.97 Å². The molecule has 0 radical (unpaired) electrons. The van der Waals surface area contributed by atoms with Gasteiger partial charge < -0.3 is 10.1 Å². The van der Waals surface area contributed by atoms with E-state index in [2.05, 4.69) is 21.2 Å². The summed E-state index contributed by atoms with van der Waals surface area (Å²) in [6, 6.07) is 0.305. The highest BCUT2D eigenvalue weighted by molar-refractivity contribution is 9.10. The third kappa shape index (κ3) is 2.59. The minimum Gasteiger partial charge on any atom is -0.452 e. The van der Waals surface area contributed by atoms with Gasteiger partial charge in [-0.05, 0) is 70.1 Å². The molecule has 4 bridgehead atoms. The van der Waals surface area contributed by atoms with E-state index in [0.29, 0.717) is 17.9 Å². The van der Waals surface area contributed by atoms with Crippen LogP contribution in [0.4, 0.5) is 0 Å². The SMILES string of the molecule is C[C@@H](OC(=O)C12C[C@@H]3C[C@@H](CC(Br)(C3)C1)C2)C(=O)NC1CC1. The van der Waals surface area contributed by atoms with E-state index in [1.807, 2.05) is 0 Å². The minimum absolute atomic E-state index is 0.135. The van der Waals surface area contributed by atoms with E-state index in [1.165, 1.54) is 19.3 Å². The monoisotopic (exact) mass is 369 g/mol. The predicted molar refractivity (Wildman–Crippen MR) is 85.5 cm³/mol. The van der Waals surface area contributed by atoms with Gasteiger partial charge in [0, 0.05) is 10.4 Å². The van der Waals surface area contributed by atoms with Gasteiger partial charge in [-0.2, -0.15) is 0 Å². The summed E-state index contributed by atoms with van der Waals surface area (Å²) in [4.78, 5) is 24.9. The van der Waals surface area contributed by atoms with Crippen LogP contribution in [0.5, 0.6) is 0 Å². The Kier molecular flexibility index (Phi) is 3.37. The van der Waals surface area contributed by atoms with Gasteiger partial charge in [-0.3, -0.25) is 9.59 Å². The molecule has 0 spiro atoms. The number of hydrogen-bond donors (Lipinski definition) is 1. The summed E-state index contributed by atoms with van der Waals surface area (Å²) in [6.45, 7) is 1.69. The summed E-state index contributed by atoms with van der Waals surface area (Å²) in [5.74, 6) is 1.01. The zero-order chi connectivity index (χ0) is 15.5. The molecule has 5 aliphatic rings. The number of alkyl halides is 1. The Morgan fingerprint density at radius 2 is 1.82 bits per heavy atom. The van der Waals surface area contributed by atoms with Crippen LogP contribution in [0, 0.1) is 17.3 Å². The first-order valence-electron chi connectivity index (χ1n) is 8.58. The average Bonchev–Trinajstić information content (AvgIpc) is 3.19. The van der Waals surface area contributed by atoms with Crippen molar-refractivity contribution in [3.8, 4) is 0 Å². The molecule has 1 N–H and O–H groups in total. The van der Waals surface area contributed by atoms with Crippen molar-refractivity contribution in [2.24, 2.45) is 17.3 Å². The first-order valence-corrected chi connectivity index (χ1v) is 9.37. The third-order valence-corrected chi connectivity index (χ3v) is 6.93. The molecule has 5 atom stereocenters. The molecule has 1 amide bonds. The number of carbonyl (C=O) groups excluding carboxylic acids is 2. The number of amides is 1. The fraction of sp³-hybridized carbons (Fsp3) is 0.882. The molecule has 0 aromatic rings. The molecule has 22 heavy (non-hydrogen) atoms. The molecule has 0 aromatic heterocycles. The fourth-order valence-electron chi connectivity index (χ4n) is 5.27. The van der Waals surface area contributed by atoms with Gasteiger partial charge in [-0.25, -0.2) is 0 Å². The van der Waals surface area contributed by atoms with Crippen LogP contribution in [-0.2, 0) is 14.3 Å². The summed E-state index contributed by atoms with van der Waals surface area (Å²) in [6.07, 6.45) is 7.85. The second-order valence-corrected chi connectivity index (χ2v) is 9.90. The maximum absolute atomic E-state index is 12.8. The van der Waals surface area contributed by atoms with Gasteiger partial charge in [0.2, 0.25) is 0 Å². The van der Waals surface area contributed by atoms with Crippen LogP contribution in [-0.4, -0.2) is 28.3 Å². The van der Waals surface area contributed by atoms with Crippen molar-refractivity contribution < 1.29 is 14.3 Å². The van der Waals surface area contributed by atoms with Crippen LogP contribution < -0.4 is 5.32 Å². The van der Waals surface area contributed by atoms with Gasteiger partial charge in [0.15, 0.2) is 6.10 Å². The highest BCUT2D eigenvalue weighted by Crippen LogP contribution is 2.64. The molecule has 5 aliphatic carbocycles. The molecule has 5 rings (SSSR count). The normalized spacial score (nSPS) is 43.7. The molecule has 2 unspecified atom stereocenters. The fourth-order valence-corrected chi connectivity index (χ4v) is 6.73. The van der Waals surface area contributed by atoms with E-state index in [4.69, 9.17) is 4.74 Å². The van der Waals surface area contributed by atoms with E-state index in [9.17, 15) is 9.59 Å². The average molecular weight is 370 g/mol. The smallest absolute Gasteiger partial charge is 0.312 e. The second kappa shape index (κ2) is 4.96. The Labute approximate surface area is 139 Å². The lowest BCUT2D eigenvalue weighted by atomic mass is 9.49. The molecule has 0 heterocycles. The predicted octanol–water partition coefficient (Wildman–Crippen LogP) is 2.93. The van der Waals surface area contributed by atoms with Crippen LogP contribution in [0.2, 0.25) is 0 Å². The Balaban J connectivity index is 1.44.